The molecule has 4 heterocycles. The van der Waals surface area contributed by atoms with Crippen molar-refractivity contribution in [2.45, 2.75) is 44.5 Å². The topological polar surface area (TPSA) is 130 Å². The van der Waals surface area contributed by atoms with Crippen molar-refractivity contribution in [1.29, 1.82) is 0 Å². The van der Waals surface area contributed by atoms with Crippen molar-refractivity contribution in [2.75, 3.05) is 17.6 Å². The second kappa shape index (κ2) is 8.96. The van der Waals surface area contributed by atoms with Crippen LogP contribution >= 0.6 is 0 Å². The third-order valence-electron chi connectivity index (χ3n) is 5.46. The number of anilines is 2. The molecule has 0 aliphatic heterocycles. The third kappa shape index (κ3) is 5.39. The standard InChI is InChI=1S/C22H22F3N9O/c1-12(8-34-11-27-10-30-34)15-6-16(13-2-5-17(28-7-13)35-14-3-4-14)31-19-18(15)32-21(26)33-20(19)29-9-22(23,24)25/h2,5-7,10-12,14H,3-4,8-9H2,1H3,(H3,26,29,32,33)/t12-/m0/s1. The van der Waals surface area contributed by atoms with E-state index >= 15 is 0 Å². The summed E-state index contributed by atoms with van der Waals surface area (Å²) < 4.78 is 46.2. The average Bonchev–Trinajstić information content (AvgIpc) is 3.48. The molecule has 1 aliphatic rings. The zero-order chi connectivity index (χ0) is 24.6. The van der Waals surface area contributed by atoms with E-state index in [1.54, 1.807) is 23.3 Å². The van der Waals surface area contributed by atoms with Gasteiger partial charge in [0.25, 0.3) is 0 Å². The van der Waals surface area contributed by atoms with Gasteiger partial charge in [-0.15, -0.1) is 0 Å². The smallest absolute Gasteiger partial charge is 0.405 e. The highest BCUT2D eigenvalue weighted by Gasteiger charge is 2.28. The van der Waals surface area contributed by atoms with Gasteiger partial charge in [0.1, 0.15) is 36.3 Å². The number of aromatic nitrogens is 7. The van der Waals surface area contributed by atoms with Gasteiger partial charge in [-0.2, -0.15) is 23.3 Å². The highest BCUT2D eigenvalue weighted by molar-refractivity contribution is 5.91. The molecule has 35 heavy (non-hydrogen) atoms. The van der Waals surface area contributed by atoms with Gasteiger partial charge in [0.05, 0.1) is 5.69 Å². The Morgan fingerprint density at radius 1 is 1.20 bits per heavy atom. The molecule has 0 bridgehead atoms. The van der Waals surface area contributed by atoms with E-state index in [1.165, 1.54) is 6.33 Å². The van der Waals surface area contributed by atoms with Crippen molar-refractivity contribution in [2.24, 2.45) is 0 Å². The zero-order valence-corrected chi connectivity index (χ0v) is 18.7. The summed E-state index contributed by atoms with van der Waals surface area (Å²) in [4.78, 5) is 21.2. The summed E-state index contributed by atoms with van der Waals surface area (Å²) in [5.74, 6) is 0.105. The van der Waals surface area contributed by atoms with E-state index in [2.05, 4.69) is 35.3 Å². The predicted octanol–water partition coefficient (Wildman–Crippen LogP) is 3.58. The number of halogens is 3. The first-order chi connectivity index (χ1) is 16.7. The Labute approximate surface area is 197 Å². The molecule has 1 atom stereocenters. The second-order valence-corrected chi connectivity index (χ2v) is 8.41. The molecule has 0 unspecified atom stereocenters. The summed E-state index contributed by atoms with van der Waals surface area (Å²) in [5.41, 5.74) is 8.30. The van der Waals surface area contributed by atoms with Crippen molar-refractivity contribution < 1.29 is 17.9 Å². The van der Waals surface area contributed by atoms with Gasteiger partial charge in [0.2, 0.25) is 11.8 Å². The van der Waals surface area contributed by atoms with Crippen molar-refractivity contribution in [3.05, 3.63) is 42.6 Å². The van der Waals surface area contributed by atoms with Crippen LogP contribution in [0.15, 0.2) is 37.1 Å². The van der Waals surface area contributed by atoms with E-state index < -0.39 is 12.7 Å². The quantitative estimate of drug-likeness (QED) is 0.385. The number of hydrogen-bond acceptors (Lipinski definition) is 9. The average molecular weight is 485 g/mol. The molecule has 10 nitrogen and oxygen atoms in total. The molecule has 5 rings (SSSR count). The molecule has 13 heteroatoms. The number of rotatable bonds is 8. The van der Waals surface area contributed by atoms with Crippen LogP contribution in [-0.4, -0.2) is 53.5 Å². The fourth-order valence-corrected chi connectivity index (χ4v) is 3.64. The number of nitrogens with two attached hydrogens (primary N) is 1. The molecule has 0 amide bonds. The van der Waals surface area contributed by atoms with Gasteiger partial charge >= 0.3 is 6.18 Å². The lowest BCUT2D eigenvalue weighted by Gasteiger charge is -2.18. The van der Waals surface area contributed by atoms with Gasteiger partial charge in [-0.25, -0.2) is 19.9 Å². The van der Waals surface area contributed by atoms with Crippen LogP contribution in [-0.2, 0) is 6.54 Å². The summed E-state index contributed by atoms with van der Waals surface area (Å²) in [6.07, 6.45) is 2.43. The van der Waals surface area contributed by atoms with E-state index in [0.717, 1.165) is 18.4 Å². The monoisotopic (exact) mass is 485 g/mol. The summed E-state index contributed by atoms with van der Waals surface area (Å²) in [7, 11) is 0. The predicted molar refractivity (Wildman–Crippen MR) is 122 cm³/mol. The Kier molecular flexibility index (Phi) is 5.83. The Morgan fingerprint density at radius 3 is 2.69 bits per heavy atom. The van der Waals surface area contributed by atoms with Crippen LogP contribution in [0.2, 0.25) is 0 Å². The SMILES string of the molecule is C[C@@H](Cn1cncn1)c1cc(-c2ccc(OC3CC3)nc2)nc2c(NCC(F)(F)F)nc(N)nc12. The summed E-state index contributed by atoms with van der Waals surface area (Å²) in [6, 6.07) is 5.40. The minimum atomic E-state index is -4.45. The van der Waals surface area contributed by atoms with E-state index in [4.69, 9.17) is 10.5 Å². The molecule has 1 aliphatic carbocycles. The van der Waals surface area contributed by atoms with Crippen molar-refractivity contribution in [3.8, 4) is 17.1 Å². The van der Waals surface area contributed by atoms with Crippen LogP contribution in [0.1, 0.15) is 31.2 Å². The summed E-state index contributed by atoms with van der Waals surface area (Å²) in [6.45, 7) is 1.12. The van der Waals surface area contributed by atoms with Crippen LogP contribution in [0, 0.1) is 0 Å². The molecular weight excluding hydrogens is 463 g/mol. The summed E-state index contributed by atoms with van der Waals surface area (Å²) in [5, 5.41) is 6.46. The number of nitrogens with zero attached hydrogens (tertiary/aromatic N) is 7. The first-order valence-electron chi connectivity index (χ1n) is 11.0. The number of ether oxygens (including phenoxy) is 1. The largest absolute Gasteiger partial charge is 0.474 e. The van der Waals surface area contributed by atoms with Gasteiger partial charge in [0.15, 0.2) is 5.82 Å². The molecule has 4 aromatic heterocycles. The Bertz CT molecular complexity index is 1320. The third-order valence-corrected chi connectivity index (χ3v) is 5.46. The maximum atomic E-state index is 12.9. The van der Waals surface area contributed by atoms with Gasteiger partial charge in [-0.3, -0.25) is 4.68 Å². The fraction of sp³-hybridized carbons (Fsp3) is 0.364. The highest BCUT2D eigenvalue weighted by Crippen LogP contribution is 2.33. The van der Waals surface area contributed by atoms with Gasteiger partial charge in [-0.1, -0.05) is 6.92 Å². The van der Waals surface area contributed by atoms with Crippen molar-refractivity contribution in [3.63, 3.8) is 0 Å². The van der Waals surface area contributed by atoms with Gasteiger partial charge < -0.3 is 15.8 Å². The number of alkyl halides is 3. The number of pyridine rings is 2. The number of nitrogens with one attached hydrogen (secondary N) is 1. The van der Waals surface area contributed by atoms with E-state index in [0.29, 0.717) is 29.2 Å². The molecule has 0 saturated heterocycles. The Morgan fingerprint density at radius 2 is 2.03 bits per heavy atom. The molecule has 4 aromatic rings. The van der Waals surface area contributed by atoms with Crippen LogP contribution in [0.25, 0.3) is 22.3 Å². The lowest BCUT2D eigenvalue weighted by Crippen LogP contribution is -2.22. The van der Waals surface area contributed by atoms with Crippen LogP contribution in [0.5, 0.6) is 5.88 Å². The van der Waals surface area contributed by atoms with Gasteiger partial charge in [-0.05, 0) is 30.5 Å². The molecule has 1 saturated carbocycles. The summed E-state index contributed by atoms with van der Waals surface area (Å²) >= 11 is 0. The highest BCUT2D eigenvalue weighted by atomic mass is 19.4. The van der Waals surface area contributed by atoms with Crippen LogP contribution < -0.4 is 15.8 Å². The van der Waals surface area contributed by atoms with E-state index in [9.17, 15) is 13.2 Å². The minimum Gasteiger partial charge on any atom is -0.474 e. The Balaban J connectivity index is 1.59. The Hall–Kier alpha value is -4.03. The van der Waals surface area contributed by atoms with E-state index in [-0.39, 0.29) is 29.3 Å². The number of nitrogen functional groups attached to an aromatic ring is 1. The second-order valence-electron chi connectivity index (χ2n) is 8.41. The molecule has 0 radical (unpaired) electrons. The molecule has 3 N–H and O–H groups in total. The van der Waals surface area contributed by atoms with Crippen LogP contribution in [0.4, 0.5) is 24.9 Å². The minimum absolute atomic E-state index is 0.0949. The lowest BCUT2D eigenvalue weighted by molar-refractivity contribution is -0.115. The van der Waals surface area contributed by atoms with Crippen LogP contribution in [0.3, 0.4) is 0 Å². The number of hydrogen-bond donors (Lipinski definition) is 2. The first-order valence-corrected chi connectivity index (χ1v) is 11.0. The normalized spacial score (nSPS) is 14.7. The van der Waals surface area contributed by atoms with Crippen molar-refractivity contribution >= 4 is 22.8 Å². The molecule has 182 valence electrons. The lowest BCUT2D eigenvalue weighted by atomic mass is 9.97. The van der Waals surface area contributed by atoms with E-state index in [1.807, 2.05) is 19.1 Å². The number of fused-ring (bicyclic) bond motifs is 1. The molecule has 0 spiro atoms. The molecule has 1 fully saturated rings. The maximum Gasteiger partial charge on any atom is 0.405 e. The maximum absolute atomic E-state index is 12.9. The van der Waals surface area contributed by atoms with Crippen molar-refractivity contribution in [1.82, 2.24) is 34.7 Å². The first kappa shape index (κ1) is 22.7. The fourth-order valence-electron chi connectivity index (χ4n) is 3.64. The van der Waals surface area contributed by atoms with Gasteiger partial charge in [0, 0.05) is 30.3 Å². The molecule has 0 aromatic carbocycles. The zero-order valence-electron chi connectivity index (χ0n) is 18.7. The molecular formula is C22H22F3N9O.